The van der Waals surface area contributed by atoms with Crippen LogP contribution >= 0.6 is 0 Å². The average Bonchev–Trinajstić information content (AvgIpc) is 2.72. The number of rotatable bonds is 4. The molecule has 1 heterocycles. The summed E-state index contributed by atoms with van der Waals surface area (Å²) in [6.07, 6.45) is 0. The van der Waals surface area contributed by atoms with Crippen molar-refractivity contribution in [3.8, 4) is 11.5 Å². The molecule has 112 valence electrons. The van der Waals surface area contributed by atoms with Crippen molar-refractivity contribution in [1.29, 1.82) is 0 Å². The van der Waals surface area contributed by atoms with Gasteiger partial charge in [-0.05, 0) is 25.1 Å². The maximum absolute atomic E-state index is 12.3. The number of carbonyl (C=O) groups excluding carboxylic acids is 1. The highest BCUT2D eigenvalue weighted by atomic mass is 16.5. The quantitative estimate of drug-likeness (QED) is 0.892. The third-order valence-electron chi connectivity index (χ3n) is 3.15. The molecule has 0 fully saturated rings. The second-order valence-electron chi connectivity index (χ2n) is 4.50. The van der Waals surface area contributed by atoms with Crippen molar-refractivity contribution >= 4 is 17.4 Å². The molecule has 0 saturated heterocycles. The molecule has 7 nitrogen and oxygen atoms in total. The summed E-state index contributed by atoms with van der Waals surface area (Å²) >= 11 is 0. The third kappa shape index (κ3) is 2.76. The van der Waals surface area contributed by atoms with Gasteiger partial charge in [0.25, 0.3) is 5.91 Å². The number of nitrogens with two attached hydrogens (primary N) is 1. The predicted molar refractivity (Wildman–Crippen MR) is 79.9 cm³/mol. The maximum atomic E-state index is 12.3. The van der Waals surface area contributed by atoms with Gasteiger partial charge in [-0.3, -0.25) is 9.48 Å². The zero-order chi connectivity index (χ0) is 15.6. The molecule has 2 rings (SSSR count). The third-order valence-corrected chi connectivity index (χ3v) is 3.15. The Bertz CT molecular complexity index is 679. The highest BCUT2D eigenvalue weighted by Gasteiger charge is 2.16. The van der Waals surface area contributed by atoms with Crippen LogP contribution in [-0.2, 0) is 7.05 Å². The van der Waals surface area contributed by atoms with Crippen molar-refractivity contribution < 1.29 is 14.3 Å². The molecule has 0 unspecified atom stereocenters. The smallest absolute Gasteiger partial charge is 0.257 e. The van der Waals surface area contributed by atoms with E-state index in [1.54, 1.807) is 32.2 Å². The molecule has 21 heavy (non-hydrogen) atoms. The van der Waals surface area contributed by atoms with Crippen LogP contribution < -0.4 is 20.5 Å². The van der Waals surface area contributed by atoms with Gasteiger partial charge in [0.2, 0.25) is 0 Å². The first-order chi connectivity index (χ1) is 9.97. The number of anilines is 2. The minimum Gasteiger partial charge on any atom is -0.493 e. The van der Waals surface area contributed by atoms with Gasteiger partial charge >= 0.3 is 0 Å². The van der Waals surface area contributed by atoms with Crippen LogP contribution in [0.1, 0.15) is 16.1 Å². The lowest BCUT2D eigenvalue weighted by Crippen LogP contribution is -2.15. The molecule has 0 aliphatic carbocycles. The van der Waals surface area contributed by atoms with Gasteiger partial charge in [-0.2, -0.15) is 5.10 Å². The minimum absolute atomic E-state index is 0.300. The minimum atomic E-state index is -0.300. The molecule has 0 aliphatic rings. The van der Waals surface area contributed by atoms with Crippen LogP contribution in [0.25, 0.3) is 0 Å². The Balaban J connectivity index is 2.28. The Morgan fingerprint density at radius 2 is 1.95 bits per heavy atom. The van der Waals surface area contributed by atoms with Crippen molar-refractivity contribution in [2.45, 2.75) is 6.92 Å². The van der Waals surface area contributed by atoms with Crippen LogP contribution in [-0.4, -0.2) is 29.9 Å². The predicted octanol–water partition coefficient (Wildman–Crippen LogP) is 1.58. The first-order valence-corrected chi connectivity index (χ1v) is 6.30. The van der Waals surface area contributed by atoms with Gasteiger partial charge in [0, 0.05) is 12.6 Å². The van der Waals surface area contributed by atoms with E-state index < -0.39 is 0 Å². The van der Waals surface area contributed by atoms with Gasteiger partial charge in [-0.15, -0.1) is 0 Å². The summed E-state index contributed by atoms with van der Waals surface area (Å²) in [6.45, 7) is 1.78. The fraction of sp³-hybridized carbons (Fsp3) is 0.286. The summed E-state index contributed by atoms with van der Waals surface area (Å²) in [6, 6.07) is 4.93. The molecule has 0 saturated carbocycles. The summed E-state index contributed by atoms with van der Waals surface area (Å²) in [4.78, 5) is 12.3. The Morgan fingerprint density at radius 3 is 2.48 bits per heavy atom. The normalized spacial score (nSPS) is 10.3. The van der Waals surface area contributed by atoms with Crippen LogP contribution in [0.4, 0.5) is 11.5 Å². The van der Waals surface area contributed by atoms with Crippen molar-refractivity contribution in [1.82, 2.24) is 9.78 Å². The van der Waals surface area contributed by atoms with E-state index >= 15 is 0 Å². The van der Waals surface area contributed by atoms with E-state index in [0.717, 1.165) is 0 Å². The van der Waals surface area contributed by atoms with E-state index in [2.05, 4.69) is 10.4 Å². The Kier molecular flexibility index (Phi) is 4.02. The van der Waals surface area contributed by atoms with Crippen LogP contribution in [0.5, 0.6) is 11.5 Å². The lowest BCUT2D eigenvalue weighted by atomic mass is 10.2. The number of nitrogens with zero attached hydrogens (tertiary/aromatic N) is 2. The van der Waals surface area contributed by atoms with E-state index in [-0.39, 0.29) is 5.91 Å². The number of nitrogens with one attached hydrogen (secondary N) is 1. The lowest BCUT2D eigenvalue weighted by Gasteiger charge is -2.10. The van der Waals surface area contributed by atoms with Gasteiger partial charge < -0.3 is 20.5 Å². The van der Waals surface area contributed by atoms with Gasteiger partial charge in [0.05, 0.1) is 25.6 Å². The number of aromatic nitrogens is 2. The number of aryl methyl sites for hydroxylation is 2. The topological polar surface area (TPSA) is 91.4 Å². The highest BCUT2D eigenvalue weighted by Crippen LogP contribution is 2.28. The Morgan fingerprint density at radius 1 is 1.29 bits per heavy atom. The molecule has 0 atom stereocenters. The average molecular weight is 290 g/mol. The molecule has 1 amide bonds. The summed E-state index contributed by atoms with van der Waals surface area (Å²) in [5.41, 5.74) is 7.44. The summed E-state index contributed by atoms with van der Waals surface area (Å²) in [5, 5.41) is 6.90. The number of nitrogen functional groups attached to an aromatic ring is 1. The zero-order valence-electron chi connectivity index (χ0n) is 12.4. The first-order valence-electron chi connectivity index (χ1n) is 6.30. The van der Waals surface area contributed by atoms with Crippen molar-refractivity contribution in [2.24, 2.45) is 7.05 Å². The van der Waals surface area contributed by atoms with Gasteiger partial charge in [0.1, 0.15) is 0 Å². The summed E-state index contributed by atoms with van der Waals surface area (Å²) < 4.78 is 11.9. The SMILES string of the molecule is COc1ccc(C(=O)Nc2c(N)c(C)nn2C)cc1OC. The summed E-state index contributed by atoms with van der Waals surface area (Å²) in [5.74, 6) is 1.21. The molecule has 3 N–H and O–H groups in total. The van der Waals surface area contributed by atoms with Gasteiger partial charge in [0.15, 0.2) is 17.3 Å². The highest BCUT2D eigenvalue weighted by molar-refractivity contribution is 6.05. The first kappa shape index (κ1) is 14.7. The maximum Gasteiger partial charge on any atom is 0.257 e. The van der Waals surface area contributed by atoms with Gasteiger partial charge in [-0.25, -0.2) is 0 Å². The molecular formula is C14H18N4O3. The van der Waals surface area contributed by atoms with Gasteiger partial charge in [-0.1, -0.05) is 0 Å². The van der Waals surface area contributed by atoms with Crippen LogP contribution in [0.2, 0.25) is 0 Å². The second kappa shape index (κ2) is 5.74. The number of benzene rings is 1. The fourth-order valence-electron chi connectivity index (χ4n) is 1.98. The molecule has 7 heteroatoms. The molecule has 2 aromatic rings. The molecule has 1 aromatic carbocycles. The number of amides is 1. The summed E-state index contributed by atoms with van der Waals surface area (Å²) in [7, 11) is 4.77. The number of hydrogen-bond donors (Lipinski definition) is 2. The monoisotopic (exact) mass is 290 g/mol. The van der Waals surface area contributed by atoms with Crippen LogP contribution in [0.3, 0.4) is 0 Å². The van der Waals surface area contributed by atoms with E-state index in [1.165, 1.54) is 18.9 Å². The molecule has 1 aromatic heterocycles. The molecular weight excluding hydrogens is 272 g/mol. The zero-order valence-corrected chi connectivity index (χ0v) is 12.4. The molecule has 0 bridgehead atoms. The second-order valence-corrected chi connectivity index (χ2v) is 4.50. The number of carbonyl (C=O) groups is 1. The fourth-order valence-corrected chi connectivity index (χ4v) is 1.98. The number of hydrogen-bond acceptors (Lipinski definition) is 5. The van der Waals surface area contributed by atoms with E-state index in [4.69, 9.17) is 15.2 Å². The van der Waals surface area contributed by atoms with E-state index in [1.807, 2.05) is 0 Å². The largest absolute Gasteiger partial charge is 0.493 e. The van der Waals surface area contributed by atoms with Crippen LogP contribution in [0.15, 0.2) is 18.2 Å². The van der Waals surface area contributed by atoms with Crippen molar-refractivity contribution in [3.63, 3.8) is 0 Å². The molecule has 0 spiro atoms. The number of ether oxygens (including phenoxy) is 2. The Labute approximate surface area is 122 Å². The van der Waals surface area contributed by atoms with Crippen molar-refractivity contribution in [3.05, 3.63) is 29.5 Å². The Hall–Kier alpha value is -2.70. The molecule has 0 radical (unpaired) electrons. The van der Waals surface area contributed by atoms with Crippen LogP contribution in [0, 0.1) is 6.92 Å². The lowest BCUT2D eigenvalue weighted by molar-refractivity contribution is 0.102. The van der Waals surface area contributed by atoms with Crippen molar-refractivity contribution in [2.75, 3.05) is 25.3 Å². The van der Waals surface area contributed by atoms with E-state index in [9.17, 15) is 4.79 Å². The van der Waals surface area contributed by atoms with E-state index in [0.29, 0.717) is 34.3 Å². The standard InChI is InChI=1S/C14H18N4O3/c1-8-12(15)13(18(2)17-8)16-14(19)9-5-6-10(20-3)11(7-9)21-4/h5-7H,15H2,1-4H3,(H,16,19). The molecule has 0 aliphatic heterocycles. The number of methoxy groups -OCH3 is 2.